The van der Waals surface area contributed by atoms with Crippen molar-refractivity contribution < 1.29 is 19.1 Å². The standard InChI is InChI=1S/C18H24N4O4/c1-13-2-5-19-15(10-13)20-18(25)14-3-6-21(7-4-14)16(23)11-22-8-9-26-12-17(22)24/h2,5,10,14H,3-4,6-9,11-12H2,1H3,(H,19,20,25). The van der Waals surface area contributed by atoms with Crippen molar-refractivity contribution in [3.05, 3.63) is 23.9 Å². The number of nitrogens with one attached hydrogen (secondary N) is 1. The van der Waals surface area contributed by atoms with Gasteiger partial charge in [-0.1, -0.05) is 0 Å². The van der Waals surface area contributed by atoms with Gasteiger partial charge in [-0.3, -0.25) is 14.4 Å². The van der Waals surface area contributed by atoms with Crippen LogP contribution < -0.4 is 5.32 Å². The third-order valence-corrected chi connectivity index (χ3v) is 4.80. The first-order valence-corrected chi connectivity index (χ1v) is 8.90. The summed E-state index contributed by atoms with van der Waals surface area (Å²) in [5, 5.41) is 2.85. The molecule has 26 heavy (non-hydrogen) atoms. The Hall–Kier alpha value is -2.48. The minimum atomic E-state index is -0.149. The van der Waals surface area contributed by atoms with Crippen molar-refractivity contribution in [3.63, 3.8) is 0 Å². The molecule has 2 aliphatic heterocycles. The van der Waals surface area contributed by atoms with Crippen LogP contribution in [0.25, 0.3) is 0 Å². The summed E-state index contributed by atoms with van der Waals surface area (Å²) in [4.78, 5) is 43.9. The van der Waals surface area contributed by atoms with Gasteiger partial charge in [0.05, 0.1) is 13.2 Å². The van der Waals surface area contributed by atoms with Crippen LogP contribution >= 0.6 is 0 Å². The molecule has 0 radical (unpaired) electrons. The van der Waals surface area contributed by atoms with E-state index in [4.69, 9.17) is 4.74 Å². The Balaban J connectivity index is 1.46. The SMILES string of the molecule is Cc1ccnc(NC(=O)C2CCN(C(=O)CN3CCOCC3=O)CC2)c1. The van der Waals surface area contributed by atoms with E-state index in [0.717, 1.165) is 5.56 Å². The molecule has 1 aromatic heterocycles. The highest BCUT2D eigenvalue weighted by Gasteiger charge is 2.29. The van der Waals surface area contributed by atoms with E-state index in [1.165, 1.54) is 4.90 Å². The zero-order valence-corrected chi connectivity index (χ0v) is 14.9. The Bertz CT molecular complexity index is 686. The molecule has 2 aliphatic rings. The number of anilines is 1. The van der Waals surface area contributed by atoms with Crippen molar-refractivity contribution in [1.82, 2.24) is 14.8 Å². The lowest BCUT2D eigenvalue weighted by molar-refractivity contribution is -0.149. The van der Waals surface area contributed by atoms with E-state index in [9.17, 15) is 14.4 Å². The second-order valence-electron chi connectivity index (χ2n) is 6.73. The molecule has 0 aromatic carbocycles. The third-order valence-electron chi connectivity index (χ3n) is 4.80. The van der Waals surface area contributed by atoms with Gasteiger partial charge in [0.15, 0.2) is 0 Å². The highest BCUT2D eigenvalue weighted by atomic mass is 16.5. The van der Waals surface area contributed by atoms with Crippen LogP contribution in [-0.2, 0) is 19.1 Å². The van der Waals surface area contributed by atoms with Crippen molar-refractivity contribution in [2.24, 2.45) is 5.92 Å². The Morgan fingerprint density at radius 3 is 2.77 bits per heavy atom. The maximum absolute atomic E-state index is 12.4. The number of carbonyl (C=O) groups excluding carboxylic acids is 3. The van der Waals surface area contributed by atoms with Crippen molar-refractivity contribution in [3.8, 4) is 0 Å². The number of nitrogens with zero attached hydrogens (tertiary/aromatic N) is 3. The topological polar surface area (TPSA) is 91.8 Å². The molecule has 0 aliphatic carbocycles. The van der Waals surface area contributed by atoms with Gasteiger partial charge in [-0.2, -0.15) is 0 Å². The van der Waals surface area contributed by atoms with Crippen LogP contribution in [0.15, 0.2) is 18.3 Å². The van der Waals surface area contributed by atoms with Crippen molar-refractivity contribution in [2.75, 3.05) is 44.7 Å². The molecule has 8 nitrogen and oxygen atoms in total. The van der Waals surface area contributed by atoms with Gasteiger partial charge >= 0.3 is 0 Å². The number of pyridine rings is 1. The number of likely N-dealkylation sites (tertiary alicyclic amines) is 1. The number of aryl methyl sites for hydroxylation is 1. The van der Waals surface area contributed by atoms with Crippen molar-refractivity contribution >= 4 is 23.5 Å². The number of rotatable bonds is 4. The molecule has 0 spiro atoms. The fourth-order valence-corrected chi connectivity index (χ4v) is 3.20. The third kappa shape index (κ3) is 4.57. The van der Waals surface area contributed by atoms with E-state index >= 15 is 0 Å². The predicted octanol–water partition coefficient (Wildman–Crippen LogP) is 0.426. The van der Waals surface area contributed by atoms with Crippen molar-refractivity contribution in [1.29, 1.82) is 0 Å². The molecule has 0 saturated carbocycles. The fourth-order valence-electron chi connectivity index (χ4n) is 3.20. The summed E-state index contributed by atoms with van der Waals surface area (Å²) in [6.45, 7) is 4.05. The molecular formula is C18H24N4O4. The van der Waals surface area contributed by atoms with E-state index in [0.29, 0.717) is 44.9 Å². The Labute approximate surface area is 152 Å². The maximum Gasteiger partial charge on any atom is 0.249 e. The lowest BCUT2D eigenvalue weighted by Gasteiger charge is -2.34. The molecule has 0 atom stereocenters. The summed E-state index contributed by atoms with van der Waals surface area (Å²) >= 11 is 0. The van der Waals surface area contributed by atoms with Gasteiger partial charge < -0.3 is 19.9 Å². The summed E-state index contributed by atoms with van der Waals surface area (Å²) in [6.07, 6.45) is 2.89. The Morgan fingerprint density at radius 2 is 2.08 bits per heavy atom. The van der Waals surface area contributed by atoms with Gasteiger partial charge in [-0.15, -0.1) is 0 Å². The molecule has 3 rings (SSSR count). The Morgan fingerprint density at radius 1 is 1.31 bits per heavy atom. The number of ether oxygens (including phenoxy) is 1. The molecule has 2 fully saturated rings. The molecule has 1 aromatic rings. The largest absolute Gasteiger partial charge is 0.370 e. The minimum Gasteiger partial charge on any atom is -0.370 e. The highest BCUT2D eigenvalue weighted by molar-refractivity contribution is 5.92. The van der Waals surface area contributed by atoms with Crippen LogP contribution in [0.5, 0.6) is 0 Å². The number of carbonyl (C=O) groups is 3. The van der Waals surface area contributed by atoms with Crippen LogP contribution in [0.1, 0.15) is 18.4 Å². The van der Waals surface area contributed by atoms with Crippen molar-refractivity contribution in [2.45, 2.75) is 19.8 Å². The van der Waals surface area contributed by atoms with Crippen LogP contribution in [0.2, 0.25) is 0 Å². The second kappa shape index (κ2) is 8.27. The van der Waals surface area contributed by atoms with E-state index in [1.807, 2.05) is 19.1 Å². The number of morpholine rings is 1. The molecule has 8 heteroatoms. The quantitative estimate of drug-likeness (QED) is 0.840. The smallest absolute Gasteiger partial charge is 0.249 e. The number of aromatic nitrogens is 1. The first kappa shape index (κ1) is 18.3. The second-order valence-corrected chi connectivity index (χ2v) is 6.73. The predicted molar refractivity (Wildman–Crippen MR) is 94.3 cm³/mol. The molecule has 1 N–H and O–H groups in total. The fraction of sp³-hybridized carbons (Fsp3) is 0.556. The van der Waals surface area contributed by atoms with Crippen LogP contribution in [0.3, 0.4) is 0 Å². The minimum absolute atomic E-state index is 0.0442. The van der Waals surface area contributed by atoms with Gasteiger partial charge in [0.1, 0.15) is 12.4 Å². The molecule has 0 bridgehead atoms. The molecular weight excluding hydrogens is 336 g/mol. The molecule has 3 amide bonds. The van der Waals surface area contributed by atoms with E-state index < -0.39 is 0 Å². The van der Waals surface area contributed by atoms with Crippen LogP contribution in [0.4, 0.5) is 5.82 Å². The molecule has 3 heterocycles. The zero-order valence-electron chi connectivity index (χ0n) is 14.9. The summed E-state index contributed by atoms with van der Waals surface area (Å²) in [6, 6.07) is 3.70. The number of amides is 3. The van der Waals surface area contributed by atoms with Gasteiger partial charge in [0.2, 0.25) is 17.7 Å². The van der Waals surface area contributed by atoms with Gasteiger partial charge in [0.25, 0.3) is 0 Å². The lowest BCUT2D eigenvalue weighted by atomic mass is 9.96. The van der Waals surface area contributed by atoms with E-state index in [1.54, 1.807) is 11.1 Å². The number of hydrogen-bond acceptors (Lipinski definition) is 5. The highest BCUT2D eigenvalue weighted by Crippen LogP contribution is 2.19. The van der Waals surface area contributed by atoms with Gasteiger partial charge in [-0.05, 0) is 37.5 Å². The first-order valence-electron chi connectivity index (χ1n) is 8.90. The first-order chi connectivity index (χ1) is 12.5. The average molecular weight is 360 g/mol. The zero-order chi connectivity index (χ0) is 18.5. The molecule has 2 saturated heterocycles. The van der Waals surface area contributed by atoms with E-state index in [-0.39, 0.29) is 36.8 Å². The number of piperidine rings is 1. The number of hydrogen-bond donors (Lipinski definition) is 1. The Kier molecular flexibility index (Phi) is 5.82. The molecule has 140 valence electrons. The van der Waals surface area contributed by atoms with Crippen LogP contribution in [0, 0.1) is 12.8 Å². The van der Waals surface area contributed by atoms with Gasteiger partial charge in [0, 0.05) is 31.7 Å². The molecule has 0 unspecified atom stereocenters. The summed E-state index contributed by atoms with van der Waals surface area (Å²) in [5.74, 6) is 0.147. The monoisotopic (exact) mass is 360 g/mol. The van der Waals surface area contributed by atoms with Crippen LogP contribution in [-0.4, -0.2) is 71.9 Å². The lowest BCUT2D eigenvalue weighted by Crippen LogP contribution is -2.50. The van der Waals surface area contributed by atoms with Gasteiger partial charge in [-0.25, -0.2) is 4.98 Å². The normalized spacial score (nSPS) is 18.7. The average Bonchev–Trinajstić information content (AvgIpc) is 2.64. The maximum atomic E-state index is 12.4. The summed E-state index contributed by atoms with van der Waals surface area (Å²) in [5.41, 5.74) is 1.04. The summed E-state index contributed by atoms with van der Waals surface area (Å²) < 4.78 is 5.07. The summed E-state index contributed by atoms with van der Waals surface area (Å²) in [7, 11) is 0. The van der Waals surface area contributed by atoms with E-state index in [2.05, 4.69) is 10.3 Å².